The molecule has 21 heavy (non-hydrogen) atoms. The molecule has 2 N–H and O–H groups in total. The van der Waals surface area contributed by atoms with Gasteiger partial charge in [0, 0.05) is 31.6 Å². The van der Waals surface area contributed by atoms with Gasteiger partial charge in [-0.2, -0.15) is 0 Å². The highest BCUT2D eigenvalue weighted by Gasteiger charge is 2.24. The minimum atomic E-state index is -0.297. The zero-order valence-electron chi connectivity index (χ0n) is 12.3. The first-order chi connectivity index (χ1) is 10.1. The molecule has 0 amide bonds. The molecule has 2 atom stereocenters. The molecule has 1 fully saturated rings. The summed E-state index contributed by atoms with van der Waals surface area (Å²) in [5.41, 5.74) is 1.67. The highest BCUT2D eigenvalue weighted by atomic mass is 19.1. The van der Waals surface area contributed by atoms with E-state index in [-0.39, 0.29) is 24.4 Å². The minimum Gasteiger partial charge on any atom is -0.395 e. The van der Waals surface area contributed by atoms with Crippen molar-refractivity contribution in [3.05, 3.63) is 35.1 Å². The van der Waals surface area contributed by atoms with Crippen LogP contribution in [0.1, 0.15) is 30.9 Å². The van der Waals surface area contributed by atoms with E-state index in [1.807, 2.05) is 6.92 Å². The van der Waals surface area contributed by atoms with Gasteiger partial charge in [-0.15, -0.1) is 0 Å². The predicted octanol–water partition coefficient (Wildman–Crippen LogP) is 1.76. The molecule has 0 aliphatic carbocycles. The Morgan fingerprint density at radius 3 is 2.95 bits per heavy atom. The molecule has 1 aromatic carbocycles. The lowest BCUT2D eigenvalue weighted by Gasteiger charge is -2.34. The highest BCUT2D eigenvalue weighted by molar-refractivity contribution is 5.41. The zero-order chi connectivity index (χ0) is 15.2. The Morgan fingerprint density at radius 2 is 2.24 bits per heavy atom. The van der Waals surface area contributed by atoms with Crippen LogP contribution < -0.4 is 0 Å². The fourth-order valence-electron chi connectivity index (χ4n) is 2.62. The van der Waals surface area contributed by atoms with Crippen LogP contribution >= 0.6 is 0 Å². The Hall–Kier alpha value is -1.41. The SMILES string of the molecule is CC1CN(Cc2ccc(F)cc2C#CCCO)CCC1O. The summed E-state index contributed by atoms with van der Waals surface area (Å²) in [7, 11) is 0. The first-order valence-corrected chi connectivity index (χ1v) is 7.38. The lowest BCUT2D eigenvalue weighted by atomic mass is 9.96. The van der Waals surface area contributed by atoms with Gasteiger partial charge in [-0.1, -0.05) is 24.8 Å². The number of likely N-dealkylation sites (tertiary alicyclic amines) is 1. The van der Waals surface area contributed by atoms with Gasteiger partial charge in [0.15, 0.2) is 0 Å². The molecule has 0 aromatic heterocycles. The number of halogens is 1. The van der Waals surface area contributed by atoms with E-state index in [0.717, 1.165) is 25.1 Å². The lowest BCUT2D eigenvalue weighted by molar-refractivity contribution is 0.0320. The molecule has 4 heteroatoms. The molecule has 2 rings (SSSR count). The molecule has 3 nitrogen and oxygen atoms in total. The second-order valence-corrected chi connectivity index (χ2v) is 5.65. The third kappa shape index (κ3) is 4.53. The standard InChI is InChI=1S/C17H22FNO2/c1-13-11-19(8-7-17(13)21)12-15-5-6-16(18)10-14(15)4-2-3-9-20/h5-6,10,13,17,20-21H,3,7-9,11-12H2,1H3. The molecule has 1 heterocycles. The predicted molar refractivity (Wildman–Crippen MR) is 80.0 cm³/mol. The average Bonchev–Trinajstić information content (AvgIpc) is 2.46. The Kier molecular flexibility index (Phi) is 5.75. The summed E-state index contributed by atoms with van der Waals surface area (Å²) in [4.78, 5) is 2.27. The lowest BCUT2D eigenvalue weighted by Crippen LogP contribution is -2.41. The maximum Gasteiger partial charge on any atom is 0.124 e. The first-order valence-electron chi connectivity index (χ1n) is 7.38. The summed E-state index contributed by atoms with van der Waals surface area (Å²) in [5.74, 6) is 5.74. The maximum absolute atomic E-state index is 13.4. The van der Waals surface area contributed by atoms with Gasteiger partial charge in [0.25, 0.3) is 0 Å². The van der Waals surface area contributed by atoms with Crippen molar-refractivity contribution in [3.63, 3.8) is 0 Å². The molecule has 1 saturated heterocycles. The van der Waals surface area contributed by atoms with Crippen molar-refractivity contribution in [2.75, 3.05) is 19.7 Å². The maximum atomic E-state index is 13.4. The van der Waals surface area contributed by atoms with Crippen LogP contribution in [0.15, 0.2) is 18.2 Å². The van der Waals surface area contributed by atoms with E-state index in [9.17, 15) is 9.50 Å². The fraction of sp³-hybridized carbons (Fsp3) is 0.529. The molecule has 1 aromatic rings. The van der Waals surface area contributed by atoms with E-state index in [1.165, 1.54) is 12.1 Å². The Morgan fingerprint density at radius 1 is 1.43 bits per heavy atom. The van der Waals surface area contributed by atoms with E-state index < -0.39 is 0 Å². The Balaban J connectivity index is 2.11. The summed E-state index contributed by atoms with van der Waals surface area (Å²) in [6.45, 7) is 4.44. The molecule has 2 unspecified atom stereocenters. The highest BCUT2D eigenvalue weighted by Crippen LogP contribution is 2.20. The van der Waals surface area contributed by atoms with Crippen molar-refractivity contribution < 1.29 is 14.6 Å². The van der Waals surface area contributed by atoms with Crippen molar-refractivity contribution in [2.45, 2.75) is 32.4 Å². The summed E-state index contributed by atoms with van der Waals surface area (Å²) in [5, 5.41) is 18.5. The van der Waals surface area contributed by atoms with Crippen LogP contribution in [0.2, 0.25) is 0 Å². The Bertz CT molecular complexity index is 535. The second kappa shape index (κ2) is 7.56. The summed E-state index contributed by atoms with van der Waals surface area (Å²) < 4.78 is 13.4. The average molecular weight is 291 g/mol. The van der Waals surface area contributed by atoms with Gasteiger partial charge < -0.3 is 10.2 Å². The number of hydrogen-bond acceptors (Lipinski definition) is 3. The van der Waals surface area contributed by atoms with Crippen molar-refractivity contribution in [2.24, 2.45) is 5.92 Å². The van der Waals surface area contributed by atoms with Crippen LogP contribution in [0.5, 0.6) is 0 Å². The van der Waals surface area contributed by atoms with Gasteiger partial charge in [-0.25, -0.2) is 4.39 Å². The van der Waals surface area contributed by atoms with Gasteiger partial charge in [0.05, 0.1) is 12.7 Å². The van der Waals surface area contributed by atoms with Gasteiger partial charge in [-0.3, -0.25) is 4.90 Å². The van der Waals surface area contributed by atoms with Gasteiger partial charge in [0.2, 0.25) is 0 Å². The van der Waals surface area contributed by atoms with Crippen LogP contribution in [-0.4, -0.2) is 40.9 Å². The molecular formula is C17H22FNO2. The zero-order valence-corrected chi connectivity index (χ0v) is 12.3. The number of piperidine rings is 1. The molecule has 0 spiro atoms. The third-order valence-corrected chi connectivity index (χ3v) is 3.87. The van der Waals surface area contributed by atoms with Crippen LogP contribution in [0.3, 0.4) is 0 Å². The van der Waals surface area contributed by atoms with Gasteiger partial charge >= 0.3 is 0 Å². The van der Waals surface area contributed by atoms with Crippen molar-refractivity contribution in [3.8, 4) is 11.8 Å². The Labute approximate surface area is 125 Å². The monoisotopic (exact) mass is 291 g/mol. The normalized spacial score (nSPS) is 22.7. The van der Waals surface area contributed by atoms with E-state index in [1.54, 1.807) is 6.07 Å². The molecule has 114 valence electrons. The number of nitrogens with zero attached hydrogens (tertiary/aromatic N) is 1. The second-order valence-electron chi connectivity index (χ2n) is 5.65. The largest absolute Gasteiger partial charge is 0.395 e. The quantitative estimate of drug-likeness (QED) is 0.834. The minimum absolute atomic E-state index is 0.0131. The number of benzene rings is 1. The molecular weight excluding hydrogens is 269 g/mol. The van der Waals surface area contributed by atoms with Crippen molar-refractivity contribution >= 4 is 0 Å². The molecule has 1 aliphatic heterocycles. The number of aliphatic hydroxyl groups excluding tert-OH is 2. The van der Waals surface area contributed by atoms with Crippen LogP contribution in [0.25, 0.3) is 0 Å². The van der Waals surface area contributed by atoms with Crippen molar-refractivity contribution in [1.82, 2.24) is 4.90 Å². The smallest absolute Gasteiger partial charge is 0.124 e. The molecule has 0 bridgehead atoms. The van der Waals surface area contributed by atoms with Crippen LogP contribution in [0, 0.1) is 23.6 Å². The topological polar surface area (TPSA) is 43.7 Å². The van der Waals surface area contributed by atoms with Gasteiger partial charge in [0.1, 0.15) is 5.82 Å². The van der Waals surface area contributed by atoms with Crippen LogP contribution in [-0.2, 0) is 6.54 Å². The summed E-state index contributed by atoms with van der Waals surface area (Å²) >= 11 is 0. The van der Waals surface area contributed by atoms with Gasteiger partial charge in [-0.05, 0) is 30.0 Å². The summed E-state index contributed by atoms with van der Waals surface area (Å²) in [6.07, 6.45) is 0.940. The van der Waals surface area contributed by atoms with E-state index in [2.05, 4.69) is 16.7 Å². The summed E-state index contributed by atoms with van der Waals surface area (Å²) in [6, 6.07) is 4.67. The molecule has 0 saturated carbocycles. The third-order valence-electron chi connectivity index (χ3n) is 3.87. The van der Waals surface area contributed by atoms with Crippen LogP contribution in [0.4, 0.5) is 4.39 Å². The van der Waals surface area contributed by atoms with E-state index in [0.29, 0.717) is 18.5 Å². The van der Waals surface area contributed by atoms with E-state index in [4.69, 9.17) is 5.11 Å². The van der Waals surface area contributed by atoms with Crippen molar-refractivity contribution in [1.29, 1.82) is 0 Å². The first kappa shape index (κ1) is 16.0. The molecule has 0 radical (unpaired) electrons. The number of aliphatic hydroxyl groups is 2. The van der Waals surface area contributed by atoms with E-state index >= 15 is 0 Å². The molecule has 1 aliphatic rings. The number of hydrogen-bond donors (Lipinski definition) is 2. The fourth-order valence-corrected chi connectivity index (χ4v) is 2.62. The number of rotatable bonds is 3.